The van der Waals surface area contributed by atoms with Crippen molar-refractivity contribution in [2.45, 2.75) is 31.7 Å². The van der Waals surface area contributed by atoms with E-state index in [1.54, 1.807) is 23.5 Å². The molecule has 6 rings (SSSR count). The van der Waals surface area contributed by atoms with Crippen LogP contribution < -0.4 is 4.74 Å². The Morgan fingerprint density at radius 1 is 1.20 bits per heavy atom. The summed E-state index contributed by atoms with van der Waals surface area (Å²) >= 11 is 1.56. The average Bonchev–Trinajstić information content (AvgIpc) is 3.14. The van der Waals surface area contributed by atoms with Gasteiger partial charge in [-0.15, -0.1) is 11.3 Å². The van der Waals surface area contributed by atoms with E-state index in [9.17, 15) is 9.18 Å². The largest absolute Gasteiger partial charge is 0.491 e. The summed E-state index contributed by atoms with van der Waals surface area (Å²) in [4.78, 5) is 21.2. The SMILES string of the molecule is Cc1nc(C(=O)N2CCC3CC2(COc2ccc(F)cc2)C3)c(-c2ccccc2)s1. The zero-order chi connectivity index (χ0) is 20.7. The number of amides is 1. The molecule has 0 atom stereocenters. The topological polar surface area (TPSA) is 42.4 Å². The number of piperidine rings is 2. The first-order chi connectivity index (χ1) is 14.5. The Kier molecular flexibility index (Phi) is 4.82. The minimum atomic E-state index is -0.306. The molecule has 0 radical (unpaired) electrons. The molecule has 4 nitrogen and oxygen atoms in total. The summed E-state index contributed by atoms with van der Waals surface area (Å²) in [7, 11) is 0. The number of thiazole rings is 1. The van der Waals surface area contributed by atoms with Gasteiger partial charge in [0.05, 0.1) is 15.4 Å². The van der Waals surface area contributed by atoms with Crippen LogP contribution in [0.2, 0.25) is 0 Å². The van der Waals surface area contributed by atoms with E-state index in [0.29, 0.717) is 24.0 Å². The minimum absolute atomic E-state index is 0.0148. The van der Waals surface area contributed by atoms with Gasteiger partial charge in [0.1, 0.15) is 23.9 Å². The molecule has 2 bridgehead atoms. The van der Waals surface area contributed by atoms with Gasteiger partial charge in [0.2, 0.25) is 0 Å². The van der Waals surface area contributed by atoms with E-state index in [1.807, 2.05) is 42.2 Å². The summed E-state index contributed by atoms with van der Waals surface area (Å²) in [6.45, 7) is 3.09. The molecular weight excluding hydrogens is 399 g/mol. The molecule has 3 fully saturated rings. The first-order valence-corrected chi connectivity index (χ1v) is 11.1. The molecule has 2 aliphatic heterocycles. The molecule has 0 unspecified atom stereocenters. The van der Waals surface area contributed by atoms with E-state index in [4.69, 9.17) is 4.74 Å². The molecule has 1 aromatic heterocycles. The molecule has 0 spiro atoms. The van der Waals surface area contributed by atoms with E-state index in [2.05, 4.69) is 4.98 Å². The van der Waals surface area contributed by atoms with Crippen molar-refractivity contribution in [3.05, 3.63) is 71.1 Å². The van der Waals surface area contributed by atoms with E-state index < -0.39 is 0 Å². The lowest BCUT2D eigenvalue weighted by Gasteiger charge is -2.58. The minimum Gasteiger partial charge on any atom is -0.491 e. The Labute approximate surface area is 179 Å². The van der Waals surface area contributed by atoms with Crippen molar-refractivity contribution in [3.63, 3.8) is 0 Å². The van der Waals surface area contributed by atoms with E-state index >= 15 is 0 Å². The van der Waals surface area contributed by atoms with Crippen LogP contribution in [-0.2, 0) is 0 Å². The number of hydrogen-bond donors (Lipinski definition) is 0. The number of ether oxygens (including phenoxy) is 1. The van der Waals surface area contributed by atoms with Crippen LogP contribution in [0.15, 0.2) is 54.6 Å². The number of carbonyl (C=O) groups excluding carboxylic acids is 1. The van der Waals surface area contributed by atoms with Gasteiger partial charge in [-0.1, -0.05) is 30.3 Å². The van der Waals surface area contributed by atoms with E-state index in [0.717, 1.165) is 41.3 Å². The third-order valence-corrected chi connectivity index (χ3v) is 7.23. The highest BCUT2D eigenvalue weighted by molar-refractivity contribution is 7.15. The van der Waals surface area contributed by atoms with Crippen LogP contribution in [0.25, 0.3) is 10.4 Å². The van der Waals surface area contributed by atoms with Gasteiger partial charge >= 0.3 is 0 Å². The molecule has 3 aromatic rings. The number of rotatable bonds is 5. The van der Waals surface area contributed by atoms with Crippen LogP contribution in [-0.4, -0.2) is 34.5 Å². The van der Waals surface area contributed by atoms with Crippen molar-refractivity contribution in [1.82, 2.24) is 9.88 Å². The highest BCUT2D eigenvalue weighted by Gasteiger charge is 2.55. The van der Waals surface area contributed by atoms with Crippen molar-refractivity contribution in [1.29, 1.82) is 0 Å². The molecule has 3 heterocycles. The fourth-order valence-electron chi connectivity index (χ4n) is 4.73. The Hall–Kier alpha value is -2.73. The molecule has 1 aliphatic carbocycles. The Balaban J connectivity index is 1.41. The molecule has 1 amide bonds. The van der Waals surface area contributed by atoms with Crippen molar-refractivity contribution in [2.24, 2.45) is 5.92 Å². The maximum absolute atomic E-state index is 13.7. The highest BCUT2D eigenvalue weighted by Crippen LogP contribution is 2.50. The van der Waals surface area contributed by atoms with Gasteiger partial charge in [-0.3, -0.25) is 4.79 Å². The zero-order valence-electron chi connectivity index (χ0n) is 16.8. The van der Waals surface area contributed by atoms with Crippen LogP contribution in [0.1, 0.15) is 34.8 Å². The predicted octanol–water partition coefficient (Wildman–Crippen LogP) is 5.33. The van der Waals surface area contributed by atoms with Gasteiger partial charge in [0.25, 0.3) is 5.91 Å². The van der Waals surface area contributed by atoms with Crippen molar-refractivity contribution in [2.75, 3.05) is 13.2 Å². The van der Waals surface area contributed by atoms with E-state index in [1.165, 1.54) is 12.1 Å². The predicted molar refractivity (Wildman–Crippen MR) is 115 cm³/mol. The van der Waals surface area contributed by atoms with Gasteiger partial charge < -0.3 is 9.64 Å². The molecule has 1 saturated carbocycles. The molecule has 3 aliphatic rings. The first kappa shape index (κ1) is 19.2. The van der Waals surface area contributed by atoms with E-state index in [-0.39, 0.29) is 17.3 Å². The maximum Gasteiger partial charge on any atom is 0.274 e. The van der Waals surface area contributed by atoms with Crippen LogP contribution in [0.3, 0.4) is 0 Å². The summed E-state index contributed by atoms with van der Waals surface area (Å²) in [5, 5.41) is 0.886. The number of aromatic nitrogens is 1. The monoisotopic (exact) mass is 422 g/mol. The second kappa shape index (κ2) is 7.51. The van der Waals surface area contributed by atoms with Crippen LogP contribution in [0.4, 0.5) is 4.39 Å². The number of hydrogen-bond acceptors (Lipinski definition) is 4. The normalized spacial score (nSPS) is 22.5. The summed E-state index contributed by atoms with van der Waals surface area (Å²) in [5.74, 6) is 0.975. The fraction of sp³-hybridized carbons (Fsp3) is 0.333. The fourth-order valence-corrected chi connectivity index (χ4v) is 5.65. The summed E-state index contributed by atoms with van der Waals surface area (Å²) in [5.41, 5.74) is 1.25. The van der Waals surface area contributed by atoms with Gasteiger partial charge in [-0.25, -0.2) is 9.37 Å². The van der Waals surface area contributed by atoms with Crippen molar-refractivity contribution >= 4 is 17.2 Å². The highest BCUT2D eigenvalue weighted by atomic mass is 32.1. The number of carbonyl (C=O) groups is 1. The molecule has 0 N–H and O–H groups in total. The molecule has 2 saturated heterocycles. The number of aryl methyl sites for hydroxylation is 1. The lowest BCUT2D eigenvalue weighted by Crippen LogP contribution is -2.67. The van der Waals surface area contributed by atoms with Gasteiger partial charge in [0, 0.05) is 6.54 Å². The number of benzene rings is 2. The van der Waals surface area contributed by atoms with Crippen LogP contribution in [0.5, 0.6) is 5.75 Å². The quantitative estimate of drug-likeness (QED) is 0.558. The zero-order valence-corrected chi connectivity index (χ0v) is 17.6. The summed E-state index contributed by atoms with van der Waals surface area (Å²) in [6, 6.07) is 16.0. The number of halogens is 1. The molecular formula is C24H23FN2O2S. The van der Waals surface area contributed by atoms with Crippen molar-refractivity contribution in [3.8, 4) is 16.2 Å². The number of nitrogens with zero attached hydrogens (tertiary/aromatic N) is 2. The summed E-state index contributed by atoms with van der Waals surface area (Å²) in [6.07, 6.45) is 2.92. The standard InChI is InChI=1S/C24H23FN2O2S/c1-16-26-21(22(30-16)18-5-3-2-4-6-18)23(28)27-12-11-17-13-24(27,14-17)15-29-20-9-7-19(25)8-10-20/h2-10,17H,11-15H2,1H3. The smallest absolute Gasteiger partial charge is 0.274 e. The van der Waals surface area contributed by atoms with Gasteiger partial charge in [0.15, 0.2) is 0 Å². The average molecular weight is 423 g/mol. The first-order valence-electron chi connectivity index (χ1n) is 10.3. The molecule has 154 valence electrons. The second-order valence-electron chi connectivity index (χ2n) is 8.26. The van der Waals surface area contributed by atoms with Crippen LogP contribution >= 0.6 is 11.3 Å². The Morgan fingerprint density at radius 3 is 2.67 bits per heavy atom. The van der Waals surface area contributed by atoms with Gasteiger partial charge in [-0.2, -0.15) is 0 Å². The maximum atomic E-state index is 13.7. The third kappa shape index (κ3) is 3.39. The molecule has 6 heteroatoms. The van der Waals surface area contributed by atoms with Crippen molar-refractivity contribution < 1.29 is 13.9 Å². The summed E-state index contributed by atoms with van der Waals surface area (Å²) < 4.78 is 19.2. The molecule has 2 aromatic carbocycles. The number of fused-ring (bicyclic) bond motifs is 2. The molecule has 30 heavy (non-hydrogen) atoms. The Bertz CT molecular complexity index is 1060. The lowest BCUT2D eigenvalue weighted by atomic mass is 9.63. The Morgan fingerprint density at radius 2 is 1.93 bits per heavy atom. The van der Waals surface area contributed by atoms with Gasteiger partial charge in [-0.05, 0) is 61.9 Å². The second-order valence-corrected chi connectivity index (χ2v) is 9.47. The van der Waals surface area contributed by atoms with Crippen LogP contribution in [0, 0.1) is 18.7 Å². The third-order valence-electron chi connectivity index (χ3n) is 6.21. The lowest BCUT2D eigenvalue weighted by molar-refractivity contribution is -0.0798.